The van der Waals surface area contributed by atoms with Gasteiger partial charge in [0.25, 0.3) is 11.5 Å². The van der Waals surface area contributed by atoms with E-state index in [4.69, 9.17) is 4.74 Å². The van der Waals surface area contributed by atoms with Gasteiger partial charge in [-0.2, -0.15) is 0 Å². The number of fused-ring (bicyclic) bond motifs is 1. The normalized spacial score (nSPS) is 10.8. The number of thiophene rings is 1. The first-order valence-corrected chi connectivity index (χ1v) is 8.76. The zero-order valence-electron chi connectivity index (χ0n) is 14.3. The Kier molecular flexibility index (Phi) is 4.85. The Hall–Kier alpha value is -2.67. The lowest BCUT2D eigenvalue weighted by Gasteiger charge is -2.06. The second kappa shape index (κ2) is 7.06. The highest BCUT2D eigenvalue weighted by Gasteiger charge is 2.19. The highest BCUT2D eigenvalue weighted by atomic mass is 32.1. The van der Waals surface area contributed by atoms with Crippen molar-refractivity contribution in [2.24, 2.45) is 0 Å². The van der Waals surface area contributed by atoms with Crippen molar-refractivity contribution in [1.82, 2.24) is 14.9 Å². The number of hydrogen-bond acceptors (Lipinski definition) is 5. The number of benzene rings is 1. The first-order chi connectivity index (χ1) is 12.0. The van der Waals surface area contributed by atoms with E-state index in [9.17, 15) is 9.59 Å². The lowest BCUT2D eigenvalue weighted by Crippen LogP contribution is -2.23. The van der Waals surface area contributed by atoms with Crippen molar-refractivity contribution < 1.29 is 9.53 Å². The van der Waals surface area contributed by atoms with Gasteiger partial charge in [-0.1, -0.05) is 12.1 Å². The highest BCUT2D eigenvalue weighted by molar-refractivity contribution is 7.20. The van der Waals surface area contributed by atoms with Gasteiger partial charge in [-0.05, 0) is 37.1 Å². The van der Waals surface area contributed by atoms with Crippen molar-refractivity contribution in [2.75, 3.05) is 7.11 Å². The number of amides is 1. The summed E-state index contributed by atoms with van der Waals surface area (Å²) >= 11 is 1.25. The van der Waals surface area contributed by atoms with Crippen LogP contribution in [0.15, 0.2) is 35.4 Å². The van der Waals surface area contributed by atoms with Crippen LogP contribution in [0.2, 0.25) is 0 Å². The second-order valence-electron chi connectivity index (χ2n) is 5.60. The first-order valence-electron chi connectivity index (χ1n) is 7.94. The van der Waals surface area contributed by atoms with Gasteiger partial charge in [0.15, 0.2) is 0 Å². The van der Waals surface area contributed by atoms with E-state index in [0.717, 1.165) is 11.3 Å². The summed E-state index contributed by atoms with van der Waals surface area (Å²) in [5, 5.41) is 3.43. The predicted molar refractivity (Wildman–Crippen MR) is 98.5 cm³/mol. The Morgan fingerprint density at radius 3 is 2.68 bits per heavy atom. The van der Waals surface area contributed by atoms with Crippen LogP contribution >= 0.6 is 11.3 Å². The number of carbonyl (C=O) groups is 1. The number of ether oxygens (including phenoxy) is 1. The molecule has 7 heteroatoms. The fourth-order valence-electron chi connectivity index (χ4n) is 2.61. The number of methoxy groups -OCH3 is 1. The third-order valence-electron chi connectivity index (χ3n) is 4.08. The minimum atomic E-state index is -0.196. The molecule has 1 aromatic carbocycles. The van der Waals surface area contributed by atoms with Crippen LogP contribution in [0.5, 0.6) is 5.75 Å². The van der Waals surface area contributed by atoms with Crippen LogP contribution in [0.1, 0.15) is 27.7 Å². The molecule has 0 saturated carbocycles. The average Bonchev–Trinajstić information content (AvgIpc) is 2.98. The van der Waals surface area contributed by atoms with E-state index in [1.54, 1.807) is 18.6 Å². The van der Waals surface area contributed by atoms with Gasteiger partial charge in [0.2, 0.25) is 0 Å². The minimum absolute atomic E-state index is 0.101. The number of nitrogens with zero attached hydrogens (tertiary/aromatic N) is 2. The molecule has 1 amide bonds. The molecule has 1 N–H and O–H groups in total. The van der Waals surface area contributed by atoms with E-state index in [1.807, 2.05) is 31.2 Å². The lowest BCUT2D eigenvalue weighted by atomic mass is 10.2. The number of rotatable bonds is 5. The summed E-state index contributed by atoms with van der Waals surface area (Å²) in [6.45, 7) is 4.64. The van der Waals surface area contributed by atoms with E-state index < -0.39 is 0 Å². The molecule has 2 aromatic heterocycles. The van der Waals surface area contributed by atoms with Gasteiger partial charge in [-0.25, -0.2) is 4.98 Å². The van der Waals surface area contributed by atoms with Crippen LogP contribution in [-0.4, -0.2) is 22.6 Å². The van der Waals surface area contributed by atoms with Crippen molar-refractivity contribution >= 4 is 27.5 Å². The minimum Gasteiger partial charge on any atom is -0.497 e. The quantitative estimate of drug-likeness (QED) is 0.762. The molecule has 0 fully saturated rings. The standard InChI is InChI=1S/C18H19N3O3S/c1-4-21-10-20-17-14(18(21)23)11(2)15(25-17)16(22)19-9-12-5-7-13(24-3)8-6-12/h5-8,10H,4,9H2,1-3H3,(H,19,22). The molecule has 130 valence electrons. The monoisotopic (exact) mass is 357 g/mol. The van der Waals surface area contributed by atoms with Crippen LogP contribution in [-0.2, 0) is 13.1 Å². The molecular weight excluding hydrogens is 338 g/mol. The predicted octanol–water partition coefficient (Wildman–Crippen LogP) is 2.72. The molecule has 0 spiro atoms. The maximum Gasteiger partial charge on any atom is 0.262 e. The van der Waals surface area contributed by atoms with E-state index in [0.29, 0.717) is 33.7 Å². The van der Waals surface area contributed by atoms with Gasteiger partial charge in [0.1, 0.15) is 10.6 Å². The van der Waals surface area contributed by atoms with Crippen molar-refractivity contribution in [3.8, 4) is 5.75 Å². The number of nitrogens with one attached hydrogen (secondary N) is 1. The number of aromatic nitrogens is 2. The number of hydrogen-bond donors (Lipinski definition) is 1. The zero-order valence-corrected chi connectivity index (χ0v) is 15.1. The summed E-state index contributed by atoms with van der Waals surface area (Å²) in [6, 6.07) is 7.50. The number of aryl methyl sites for hydroxylation is 2. The Morgan fingerprint density at radius 2 is 2.04 bits per heavy atom. The molecule has 0 atom stereocenters. The van der Waals surface area contributed by atoms with Crippen LogP contribution in [0.3, 0.4) is 0 Å². The number of carbonyl (C=O) groups excluding carboxylic acids is 1. The van der Waals surface area contributed by atoms with Crippen LogP contribution in [0, 0.1) is 6.92 Å². The van der Waals surface area contributed by atoms with Gasteiger partial charge in [-0.15, -0.1) is 11.3 Å². The van der Waals surface area contributed by atoms with Crippen molar-refractivity contribution in [1.29, 1.82) is 0 Å². The van der Waals surface area contributed by atoms with Crippen molar-refractivity contribution in [3.05, 3.63) is 57.0 Å². The molecule has 25 heavy (non-hydrogen) atoms. The summed E-state index contributed by atoms with van der Waals surface area (Å²) in [5.74, 6) is 0.576. The first kappa shape index (κ1) is 17.2. The fraction of sp³-hybridized carbons (Fsp3) is 0.278. The van der Waals surface area contributed by atoms with Crippen molar-refractivity contribution in [3.63, 3.8) is 0 Å². The SMILES string of the molecule is CCn1cnc2sc(C(=O)NCc3ccc(OC)cc3)c(C)c2c1=O. The molecule has 3 aromatic rings. The molecule has 0 radical (unpaired) electrons. The molecule has 0 aliphatic rings. The molecular formula is C18H19N3O3S. The largest absolute Gasteiger partial charge is 0.497 e. The Morgan fingerprint density at radius 1 is 1.32 bits per heavy atom. The van der Waals surface area contributed by atoms with Gasteiger partial charge >= 0.3 is 0 Å². The van der Waals surface area contributed by atoms with Gasteiger partial charge in [0, 0.05) is 13.1 Å². The Labute approximate surface area is 149 Å². The van der Waals surface area contributed by atoms with Crippen LogP contribution < -0.4 is 15.6 Å². The molecule has 2 heterocycles. The summed E-state index contributed by atoms with van der Waals surface area (Å²) < 4.78 is 6.66. The summed E-state index contributed by atoms with van der Waals surface area (Å²) in [4.78, 5) is 30.4. The van der Waals surface area contributed by atoms with E-state index in [1.165, 1.54) is 17.7 Å². The van der Waals surface area contributed by atoms with E-state index in [2.05, 4.69) is 10.3 Å². The molecule has 0 saturated heterocycles. The molecule has 0 aliphatic carbocycles. The second-order valence-corrected chi connectivity index (χ2v) is 6.60. The zero-order chi connectivity index (χ0) is 18.0. The summed E-state index contributed by atoms with van der Waals surface area (Å²) in [6.07, 6.45) is 1.53. The Balaban J connectivity index is 1.83. The summed E-state index contributed by atoms with van der Waals surface area (Å²) in [7, 11) is 1.61. The summed E-state index contributed by atoms with van der Waals surface area (Å²) in [5.41, 5.74) is 1.56. The molecule has 0 bridgehead atoms. The average molecular weight is 357 g/mol. The lowest BCUT2D eigenvalue weighted by molar-refractivity contribution is 0.0954. The Bertz CT molecular complexity index is 974. The van der Waals surface area contributed by atoms with Gasteiger partial charge in [-0.3, -0.25) is 14.2 Å². The van der Waals surface area contributed by atoms with E-state index >= 15 is 0 Å². The molecule has 0 aliphatic heterocycles. The molecule has 3 rings (SSSR count). The topological polar surface area (TPSA) is 73.2 Å². The van der Waals surface area contributed by atoms with Crippen LogP contribution in [0.4, 0.5) is 0 Å². The van der Waals surface area contributed by atoms with Gasteiger partial charge in [0.05, 0.1) is 23.7 Å². The maximum atomic E-state index is 12.5. The van der Waals surface area contributed by atoms with Gasteiger partial charge < -0.3 is 10.1 Å². The van der Waals surface area contributed by atoms with E-state index in [-0.39, 0.29) is 11.5 Å². The molecule has 6 nitrogen and oxygen atoms in total. The maximum absolute atomic E-state index is 12.5. The smallest absolute Gasteiger partial charge is 0.262 e. The van der Waals surface area contributed by atoms with Crippen molar-refractivity contribution in [2.45, 2.75) is 26.9 Å². The highest BCUT2D eigenvalue weighted by Crippen LogP contribution is 2.26. The third kappa shape index (κ3) is 3.28. The fourth-order valence-corrected chi connectivity index (χ4v) is 3.66. The third-order valence-corrected chi connectivity index (χ3v) is 5.27. The van der Waals surface area contributed by atoms with Crippen LogP contribution in [0.25, 0.3) is 10.2 Å². The molecule has 0 unspecified atom stereocenters.